The lowest BCUT2D eigenvalue weighted by Crippen LogP contribution is -2.37. The zero-order valence-electron chi connectivity index (χ0n) is 11.9. The summed E-state index contributed by atoms with van der Waals surface area (Å²) in [7, 11) is 0. The van der Waals surface area contributed by atoms with Crippen LogP contribution in [-0.2, 0) is 0 Å². The summed E-state index contributed by atoms with van der Waals surface area (Å²) in [4.78, 5) is 0. The monoisotopic (exact) mass is 240 g/mol. The quantitative estimate of drug-likeness (QED) is 0.575. The molecule has 1 fully saturated rings. The van der Waals surface area contributed by atoms with Gasteiger partial charge in [0.25, 0.3) is 0 Å². The summed E-state index contributed by atoms with van der Waals surface area (Å²) in [6.07, 6.45) is 10.8. The van der Waals surface area contributed by atoms with Crippen LogP contribution in [0.5, 0.6) is 0 Å². The highest BCUT2D eigenvalue weighted by molar-refractivity contribution is 4.85. The third-order valence-corrected chi connectivity index (χ3v) is 4.35. The highest BCUT2D eigenvalue weighted by Gasteiger charge is 2.30. The average Bonchev–Trinajstić information content (AvgIpc) is 2.27. The zero-order chi connectivity index (χ0) is 12.6. The largest absolute Gasteiger partial charge is 0.330 e. The van der Waals surface area contributed by atoms with Gasteiger partial charge in [-0.1, -0.05) is 33.1 Å². The molecule has 0 saturated heterocycles. The van der Waals surface area contributed by atoms with Crippen molar-refractivity contribution in [3.8, 4) is 0 Å². The van der Waals surface area contributed by atoms with Crippen molar-refractivity contribution in [2.45, 2.75) is 65.2 Å². The van der Waals surface area contributed by atoms with Gasteiger partial charge in [0.2, 0.25) is 0 Å². The van der Waals surface area contributed by atoms with E-state index in [0.717, 1.165) is 12.5 Å². The first-order valence-corrected chi connectivity index (χ1v) is 7.61. The van der Waals surface area contributed by atoms with Gasteiger partial charge in [0.15, 0.2) is 0 Å². The van der Waals surface area contributed by atoms with E-state index in [1.54, 1.807) is 0 Å². The molecule has 1 aliphatic rings. The lowest BCUT2D eigenvalue weighted by molar-refractivity contribution is 0.156. The average molecular weight is 240 g/mol. The van der Waals surface area contributed by atoms with Crippen LogP contribution in [0.4, 0.5) is 0 Å². The molecule has 2 heteroatoms. The Hall–Kier alpha value is -0.0800. The minimum Gasteiger partial charge on any atom is -0.330 e. The van der Waals surface area contributed by atoms with Gasteiger partial charge < -0.3 is 11.1 Å². The maximum atomic E-state index is 5.66. The van der Waals surface area contributed by atoms with E-state index < -0.39 is 0 Å². The Morgan fingerprint density at radius 1 is 1.24 bits per heavy atom. The van der Waals surface area contributed by atoms with Crippen molar-refractivity contribution >= 4 is 0 Å². The number of hydrogen-bond acceptors (Lipinski definition) is 2. The molecule has 1 saturated carbocycles. The van der Waals surface area contributed by atoms with Gasteiger partial charge >= 0.3 is 0 Å². The second-order valence-corrected chi connectivity index (χ2v) is 6.22. The first-order valence-electron chi connectivity index (χ1n) is 7.61. The van der Waals surface area contributed by atoms with Gasteiger partial charge in [-0.05, 0) is 56.5 Å². The smallest absolute Gasteiger partial charge is 0.000516 e. The molecule has 2 nitrogen and oxygen atoms in total. The summed E-state index contributed by atoms with van der Waals surface area (Å²) < 4.78 is 0. The van der Waals surface area contributed by atoms with Gasteiger partial charge in [-0.3, -0.25) is 0 Å². The third-order valence-electron chi connectivity index (χ3n) is 4.35. The molecule has 0 aromatic carbocycles. The van der Waals surface area contributed by atoms with Gasteiger partial charge in [0.1, 0.15) is 0 Å². The lowest BCUT2D eigenvalue weighted by atomic mass is 9.70. The van der Waals surface area contributed by atoms with Crippen molar-refractivity contribution in [2.75, 3.05) is 19.6 Å². The van der Waals surface area contributed by atoms with Gasteiger partial charge in [0.05, 0.1) is 0 Å². The highest BCUT2D eigenvalue weighted by Crippen LogP contribution is 2.39. The summed E-state index contributed by atoms with van der Waals surface area (Å²) in [6, 6.07) is 0. The molecule has 1 atom stereocenters. The van der Waals surface area contributed by atoms with E-state index in [-0.39, 0.29) is 0 Å². The maximum absolute atomic E-state index is 5.66. The van der Waals surface area contributed by atoms with Gasteiger partial charge in [0, 0.05) is 6.54 Å². The molecular weight excluding hydrogens is 208 g/mol. The summed E-state index contributed by atoms with van der Waals surface area (Å²) in [6.45, 7) is 7.97. The van der Waals surface area contributed by atoms with Crippen LogP contribution in [0.1, 0.15) is 65.2 Å². The predicted molar refractivity (Wildman–Crippen MR) is 76.1 cm³/mol. The zero-order valence-corrected chi connectivity index (χ0v) is 11.9. The van der Waals surface area contributed by atoms with E-state index in [2.05, 4.69) is 19.2 Å². The fraction of sp³-hybridized carbons (Fsp3) is 1.00. The summed E-state index contributed by atoms with van der Waals surface area (Å²) >= 11 is 0. The van der Waals surface area contributed by atoms with Crippen molar-refractivity contribution in [1.29, 1.82) is 0 Å². The van der Waals surface area contributed by atoms with Crippen LogP contribution in [-0.4, -0.2) is 19.6 Å². The highest BCUT2D eigenvalue weighted by atomic mass is 14.9. The van der Waals surface area contributed by atoms with Crippen molar-refractivity contribution in [2.24, 2.45) is 17.1 Å². The Kier molecular flexibility index (Phi) is 7.14. The number of nitrogens with one attached hydrogen (secondary N) is 1. The van der Waals surface area contributed by atoms with Crippen LogP contribution in [0, 0.1) is 11.3 Å². The molecule has 1 rings (SSSR count). The van der Waals surface area contributed by atoms with Crippen LogP contribution in [0.3, 0.4) is 0 Å². The predicted octanol–water partition coefficient (Wildman–Crippen LogP) is 3.31. The lowest BCUT2D eigenvalue weighted by Gasteiger charge is -2.38. The first-order chi connectivity index (χ1) is 8.20. The van der Waals surface area contributed by atoms with Gasteiger partial charge in [-0.2, -0.15) is 0 Å². The Balaban J connectivity index is 1.97. The molecule has 17 heavy (non-hydrogen) atoms. The summed E-state index contributed by atoms with van der Waals surface area (Å²) in [5.41, 5.74) is 6.28. The molecule has 0 heterocycles. The van der Waals surface area contributed by atoms with Crippen LogP contribution in [0.2, 0.25) is 0 Å². The molecular formula is C15H32N2. The van der Waals surface area contributed by atoms with Crippen LogP contribution < -0.4 is 11.1 Å². The van der Waals surface area contributed by atoms with Crippen molar-refractivity contribution in [3.63, 3.8) is 0 Å². The molecule has 0 bridgehead atoms. The fourth-order valence-corrected chi connectivity index (χ4v) is 2.94. The first kappa shape index (κ1) is 15.0. The van der Waals surface area contributed by atoms with E-state index >= 15 is 0 Å². The Morgan fingerprint density at radius 2 is 2.00 bits per heavy atom. The summed E-state index contributed by atoms with van der Waals surface area (Å²) in [5, 5.41) is 3.64. The van der Waals surface area contributed by atoms with Gasteiger partial charge in [-0.25, -0.2) is 0 Å². The third kappa shape index (κ3) is 5.87. The van der Waals surface area contributed by atoms with Crippen LogP contribution in [0.15, 0.2) is 0 Å². The van der Waals surface area contributed by atoms with E-state index in [0.29, 0.717) is 5.41 Å². The molecule has 0 amide bonds. The van der Waals surface area contributed by atoms with Crippen LogP contribution in [0.25, 0.3) is 0 Å². The second-order valence-electron chi connectivity index (χ2n) is 6.22. The molecule has 102 valence electrons. The Labute approximate surface area is 108 Å². The fourth-order valence-electron chi connectivity index (χ4n) is 2.94. The normalized spacial score (nSPS) is 19.9. The Morgan fingerprint density at radius 3 is 2.53 bits per heavy atom. The van der Waals surface area contributed by atoms with Crippen molar-refractivity contribution < 1.29 is 0 Å². The molecule has 1 aliphatic carbocycles. The maximum Gasteiger partial charge on any atom is 0.000516 e. The Bertz CT molecular complexity index is 181. The molecule has 1 unspecified atom stereocenters. The van der Waals surface area contributed by atoms with E-state index in [9.17, 15) is 0 Å². The van der Waals surface area contributed by atoms with E-state index in [4.69, 9.17) is 5.73 Å². The SMILES string of the molecule is CCCC(CCN)CCCNCC1(C)CCC1. The molecule has 0 spiro atoms. The molecule has 0 aliphatic heterocycles. The molecule has 0 aromatic rings. The molecule has 0 radical (unpaired) electrons. The molecule has 0 aromatic heterocycles. The van der Waals surface area contributed by atoms with E-state index in [1.807, 2.05) is 0 Å². The second kappa shape index (κ2) is 8.10. The van der Waals surface area contributed by atoms with Crippen LogP contribution >= 0.6 is 0 Å². The minimum absolute atomic E-state index is 0.625. The number of hydrogen-bond donors (Lipinski definition) is 2. The van der Waals surface area contributed by atoms with Crippen molar-refractivity contribution in [1.82, 2.24) is 5.32 Å². The standard InChI is InChI=1S/C15H32N2/c1-3-6-14(8-11-16)7-4-12-17-13-15(2)9-5-10-15/h14,17H,3-13,16H2,1-2H3. The number of nitrogens with two attached hydrogens (primary N) is 1. The number of rotatable bonds is 10. The van der Waals surface area contributed by atoms with Crippen molar-refractivity contribution in [3.05, 3.63) is 0 Å². The topological polar surface area (TPSA) is 38.0 Å². The van der Waals surface area contributed by atoms with E-state index in [1.165, 1.54) is 64.5 Å². The molecule has 3 N–H and O–H groups in total. The minimum atomic E-state index is 0.625. The summed E-state index contributed by atoms with van der Waals surface area (Å²) in [5.74, 6) is 0.867. The van der Waals surface area contributed by atoms with Gasteiger partial charge in [-0.15, -0.1) is 0 Å².